The fraction of sp³-hybridized carbons (Fsp3) is 0.318. The van der Waals surface area contributed by atoms with E-state index in [9.17, 15) is 22.8 Å². The quantitative estimate of drug-likeness (QED) is 0.582. The molecule has 0 spiro atoms. The van der Waals surface area contributed by atoms with E-state index in [0.717, 1.165) is 4.68 Å². The lowest BCUT2D eigenvalue weighted by atomic mass is 9.98. The normalized spacial score (nSPS) is 15.7. The van der Waals surface area contributed by atoms with Gasteiger partial charge in [-0.3, -0.25) is 19.5 Å². The van der Waals surface area contributed by atoms with Crippen molar-refractivity contribution in [3.05, 3.63) is 69.2 Å². The van der Waals surface area contributed by atoms with Gasteiger partial charge in [0.15, 0.2) is 0 Å². The van der Waals surface area contributed by atoms with Crippen molar-refractivity contribution in [1.29, 1.82) is 0 Å². The molecule has 0 radical (unpaired) electrons. The largest absolute Gasteiger partial charge is 0.466 e. The highest BCUT2D eigenvalue weighted by Crippen LogP contribution is 2.25. The SMILES string of the molecule is CCOC(=O)C1CCN(S(=O)(=O)c2ccc(-n3[nH]c(=O)c4ccccc4c3=O)cc2)CC1. The maximum Gasteiger partial charge on any atom is 0.309 e. The maximum atomic E-state index is 13.0. The molecule has 0 aliphatic carbocycles. The van der Waals surface area contributed by atoms with E-state index < -0.39 is 21.1 Å². The summed E-state index contributed by atoms with van der Waals surface area (Å²) >= 11 is 0. The van der Waals surface area contributed by atoms with Gasteiger partial charge in [0.1, 0.15) is 0 Å². The molecule has 0 amide bonds. The Morgan fingerprint density at radius 2 is 1.66 bits per heavy atom. The second kappa shape index (κ2) is 8.71. The third-order valence-electron chi connectivity index (χ3n) is 5.63. The van der Waals surface area contributed by atoms with Crippen LogP contribution in [0.4, 0.5) is 0 Å². The van der Waals surface area contributed by atoms with Crippen LogP contribution < -0.4 is 11.1 Å². The molecule has 10 heteroatoms. The van der Waals surface area contributed by atoms with Crippen LogP contribution in [0.2, 0.25) is 0 Å². The first-order valence-corrected chi connectivity index (χ1v) is 11.8. The summed E-state index contributed by atoms with van der Waals surface area (Å²) in [5.74, 6) is -0.580. The van der Waals surface area contributed by atoms with E-state index in [0.29, 0.717) is 30.5 Å². The molecular formula is C22H23N3O6S. The molecule has 1 N–H and O–H groups in total. The Morgan fingerprint density at radius 1 is 1.03 bits per heavy atom. The topological polar surface area (TPSA) is 119 Å². The number of hydrogen-bond acceptors (Lipinski definition) is 6. The van der Waals surface area contributed by atoms with Gasteiger partial charge in [-0.25, -0.2) is 13.1 Å². The number of rotatable bonds is 5. The molecular weight excluding hydrogens is 434 g/mol. The van der Waals surface area contributed by atoms with E-state index in [-0.39, 0.29) is 35.3 Å². The van der Waals surface area contributed by atoms with Gasteiger partial charge in [-0.2, -0.15) is 4.31 Å². The number of sulfonamides is 1. The van der Waals surface area contributed by atoms with Gasteiger partial charge in [0, 0.05) is 13.1 Å². The second-order valence-electron chi connectivity index (χ2n) is 7.55. The summed E-state index contributed by atoms with van der Waals surface area (Å²) in [6.45, 7) is 2.49. The number of piperidine rings is 1. The van der Waals surface area contributed by atoms with Crippen LogP contribution in [0.15, 0.2) is 63.0 Å². The van der Waals surface area contributed by atoms with Crippen LogP contribution in [-0.4, -0.2) is 48.2 Å². The molecule has 0 atom stereocenters. The average molecular weight is 458 g/mol. The molecule has 0 bridgehead atoms. The number of ether oxygens (including phenoxy) is 1. The second-order valence-corrected chi connectivity index (χ2v) is 9.49. The first-order chi connectivity index (χ1) is 15.3. The minimum atomic E-state index is -3.75. The zero-order valence-electron chi connectivity index (χ0n) is 17.5. The van der Waals surface area contributed by atoms with Crippen molar-refractivity contribution >= 4 is 26.8 Å². The molecule has 32 heavy (non-hydrogen) atoms. The number of nitrogens with one attached hydrogen (secondary N) is 1. The van der Waals surface area contributed by atoms with Gasteiger partial charge in [-0.05, 0) is 56.2 Å². The minimum Gasteiger partial charge on any atom is -0.466 e. The fourth-order valence-corrected chi connectivity index (χ4v) is 5.36. The number of benzene rings is 2. The predicted octanol–water partition coefficient (Wildman–Crippen LogP) is 1.64. The monoisotopic (exact) mass is 457 g/mol. The van der Waals surface area contributed by atoms with Gasteiger partial charge in [-0.1, -0.05) is 12.1 Å². The van der Waals surface area contributed by atoms with Gasteiger partial charge in [0.2, 0.25) is 10.0 Å². The van der Waals surface area contributed by atoms with Crippen LogP contribution in [0.1, 0.15) is 19.8 Å². The van der Waals surface area contributed by atoms with Crippen molar-refractivity contribution in [2.45, 2.75) is 24.7 Å². The number of fused-ring (bicyclic) bond motifs is 1. The Labute approximate surface area is 184 Å². The Kier molecular flexibility index (Phi) is 5.98. The van der Waals surface area contributed by atoms with Crippen molar-refractivity contribution in [1.82, 2.24) is 14.1 Å². The first kappa shape index (κ1) is 22.0. The summed E-state index contributed by atoms with van der Waals surface area (Å²) in [4.78, 5) is 37.1. The molecule has 1 aliphatic heterocycles. The highest BCUT2D eigenvalue weighted by molar-refractivity contribution is 7.89. The van der Waals surface area contributed by atoms with E-state index in [1.54, 1.807) is 31.2 Å². The van der Waals surface area contributed by atoms with Gasteiger partial charge in [0.05, 0.1) is 33.9 Å². The van der Waals surface area contributed by atoms with E-state index in [2.05, 4.69) is 5.10 Å². The lowest BCUT2D eigenvalue weighted by molar-refractivity contribution is -0.149. The molecule has 9 nitrogen and oxygen atoms in total. The summed E-state index contributed by atoms with van der Waals surface area (Å²) in [7, 11) is -3.75. The van der Waals surface area contributed by atoms with E-state index in [1.165, 1.54) is 28.6 Å². The molecule has 0 unspecified atom stereocenters. The number of esters is 1. The van der Waals surface area contributed by atoms with Crippen molar-refractivity contribution in [3.8, 4) is 5.69 Å². The van der Waals surface area contributed by atoms with Crippen LogP contribution >= 0.6 is 0 Å². The molecule has 168 valence electrons. The Hall–Kier alpha value is -3.24. The molecule has 3 aromatic rings. The number of carbonyl (C=O) groups is 1. The maximum absolute atomic E-state index is 13.0. The Morgan fingerprint density at radius 3 is 2.28 bits per heavy atom. The number of H-pyrrole nitrogens is 1. The van der Waals surface area contributed by atoms with Crippen molar-refractivity contribution in [2.75, 3.05) is 19.7 Å². The standard InChI is InChI=1S/C22H23N3O6S/c1-2-31-22(28)15-11-13-24(14-12-15)32(29,30)17-9-7-16(8-10-17)25-21(27)19-6-4-3-5-18(19)20(26)23-25/h3-10,15H,2,11-14H2,1H3,(H,23,26). The van der Waals surface area contributed by atoms with E-state index >= 15 is 0 Å². The van der Waals surface area contributed by atoms with E-state index in [1.807, 2.05) is 0 Å². The van der Waals surface area contributed by atoms with Gasteiger partial charge in [-0.15, -0.1) is 0 Å². The molecule has 2 aromatic carbocycles. The number of hydrogen-bond donors (Lipinski definition) is 1. The lowest BCUT2D eigenvalue weighted by Crippen LogP contribution is -2.40. The molecule has 1 aromatic heterocycles. The molecule has 4 rings (SSSR count). The van der Waals surface area contributed by atoms with Crippen molar-refractivity contribution in [3.63, 3.8) is 0 Å². The van der Waals surface area contributed by atoms with Crippen LogP contribution in [0.25, 0.3) is 16.5 Å². The first-order valence-electron chi connectivity index (χ1n) is 10.3. The van der Waals surface area contributed by atoms with Gasteiger partial charge in [0.25, 0.3) is 11.1 Å². The zero-order valence-corrected chi connectivity index (χ0v) is 18.3. The third-order valence-corrected chi connectivity index (χ3v) is 7.54. The summed E-state index contributed by atoms with van der Waals surface area (Å²) < 4.78 is 33.5. The summed E-state index contributed by atoms with van der Waals surface area (Å²) in [5.41, 5.74) is -0.476. The number of aromatic nitrogens is 2. The van der Waals surface area contributed by atoms with Crippen molar-refractivity contribution < 1.29 is 17.9 Å². The molecule has 2 heterocycles. The van der Waals surface area contributed by atoms with Crippen molar-refractivity contribution in [2.24, 2.45) is 5.92 Å². The van der Waals surface area contributed by atoms with Gasteiger partial charge < -0.3 is 4.74 Å². The average Bonchev–Trinajstić information content (AvgIpc) is 2.82. The third kappa shape index (κ3) is 3.98. The smallest absolute Gasteiger partial charge is 0.309 e. The zero-order chi connectivity index (χ0) is 22.9. The number of aromatic amines is 1. The van der Waals surface area contributed by atoms with E-state index in [4.69, 9.17) is 4.74 Å². The Bertz CT molecular complexity index is 1370. The van der Waals surface area contributed by atoms with Crippen LogP contribution in [0.3, 0.4) is 0 Å². The molecule has 1 fully saturated rings. The highest BCUT2D eigenvalue weighted by Gasteiger charge is 2.32. The lowest BCUT2D eigenvalue weighted by Gasteiger charge is -2.30. The summed E-state index contributed by atoms with van der Waals surface area (Å²) in [5, 5.41) is 3.09. The van der Waals surface area contributed by atoms with Crippen LogP contribution in [-0.2, 0) is 19.6 Å². The molecule has 0 saturated carbocycles. The summed E-state index contributed by atoms with van der Waals surface area (Å²) in [6, 6.07) is 12.3. The molecule has 1 aliphatic rings. The van der Waals surface area contributed by atoms with Crippen LogP contribution in [0.5, 0.6) is 0 Å². The number of carbonyl (C=O) groups excluding carboxylic acids is 1. The highest BCUT2D eigenvalue weighted by atomic mass is 32.2. The Balaban J connectivity index is 1.57. The van der Waals surface area contributed by atoms with Crippen LogP contribution in [0, 0.1) is 5.92 Å². The summed E-state index contributed by atoms with van der Waals surface area (Å²) in [6.07, 6.45) is 0.813. The fourth-order valence-electron chi connectivity index (χ4n) is 3.89. The molecule has 1 saturated heterocycles. The number of nitrogens with zero attached hydrogens (tertiary/aromatic N) is 2. The predicted molar refractivity (Wildman–Crippen MR) is 118 cm³/mol. The van der Waals surface area contributed by atoms with Gasteiger partial charge >= 0.3 is 5.97 Å². The minimum absolute atomic E-state index is 0.0759.